The van der Waals surface area contributed by atoms with Gasteiger partial charge >= 0.3 is 0 Å². The van der Waals surface area contributed by atoms with Gasteiger partial charge in [0.15, 0.2) is 0 Å². The molecule has 0 aromatic rings. The number of hydrogen-bond acceptors (Lipinski definition) is 0. The second-order valence-corrected chi connectivity index (χ2v) is 8.56. The lowest BCUT2D eigenvalue weighted by molar-refractivity contribution is 0.611. The van der Waals surface area contributed by atoms with Gasteiger partial charge in [-0.05, 0) is 42.2 Å². The van der Waals surface area contributed by atoms with Crippen molar-refractivity contribution < 1.29 is 0 Å². The van der Waals surface area contributed by atoms with Crippen LogP contribution in [-0.2, 0) is 0 Å². The smallest absolute Gasteiger partial charge is 0.0146 e. The lowest BCUT2D eigenvalue weighted by Crippen LogP contribution is -1.77. The number of unbranched alkanes of at least 4 members (excludes halogenated alkanes) is 12. The van der Waals surface area contributed by atoms with Gasteiger partial charge in [0.05, 0.1) is 0 Å². The van der Waals surface area contributed by atoms with E-state index in [1.165, 1.54) is 106 Å². The third-order valence-corrected chi connectivity index (χ3v) is 5.88. The molecule has 0 aliphatic heterocycles. The maximum atomic E-state index is 2.37. The fourth-order valence-electron chi connectivity index (χ4n) is 2.41. The van der Waals surface area contributed by atoms with E-state index in [9.17, 15) is 0 Å². The van der Waals surface area contributed by atoms with E-state index in [1.54, 1.807) is 0 Å². The van der Waals surface area contributed by atoms with Gasteiger partial charge in [-0.1, -0.05) is 102 Å². The molecule has 0 spiro atoms. The van der Waals surface area contributed by atoms with Gasteiger partial charge < -0.3 is 0 Å². The predicted molar refractivity (Wildman–Crippen MR) is 108 cm³/mol. The zero-order valence-electron chi connectivity index (χ0n) is 15.1. The Morgan fingerprint density at radius 1 is 0.500 bits per heavy atom. The lowest BCUT2D eigenvalue weighted by atomic mass is 10.1. The molecule has 0 aromatic heterocycles. The van der Waals surface area contributed by atoms with E-state index in [0.717, 1.165) is 0 Å². The predicted octanol–water partition coefficient (Wildman–Crippen LogP) is 9.32. The van der Waals surface area contributed by atoms with Crippen LogP contribution in [0.4, 0.5) is 0 Å². The van der Waals surface area contributed by atoms with Crippen LogP contribution in [0.2, 0.25) is 0 Å². The minimum absolute atomic E-state index is 1.27. The van der Waals surface area contributed by atoms with E-state index in [1.807, 2.05) is 0 Å². The molecule has 0 heterocycles. The highest BCUT2D eigenvalue weighted by Gasteiger charge is 1.89. The molecule has 0 aliphatic rings. The zero-order valence-corrected chi connectivity index (χ0v) is 16.9. The number of rotatable bonds is 17. The van der Waals surface area contributed by atoms with Gasteiger partial charge in [-0.25, -0.2) is 0 Å². The van der Waals surface area contributed by atoms with Gasteiger partial charge in [0.2, 0.25) is 0 Å². The van der Waals surface area contributed by atoms with E-state index in [-0.39, 0.29) is 0 Å². The third-order valence-electron chi connectivity index (χ3n) is 3.86. The monoisotopic (exact) mass is 340 g/mol. The fraction of sp³-hybridized carbons (Fsp3) is 0.800. The van der Waals surface area contributed by atoms with E-state index >= 15 is 0 Å². The molecule has 0 saturated heterocycles. The highest BCUT2D eigenvalue weighted by Crippen LogP contribution is 2.39. The van der Waals surface area contributed by atoms with Crippen molar-refractivity contribution in [3.8, 4) is 0 Å². The average Bonchev–Trinajstić information content (AvgIpc) is 2.54. The molecule has 0 aromatic carbocycles. The van der Waals surface area contributed by atoms with Crippen molar-refractivity contribution in [2.24, 2.45) is 0 Å². The van der Waals surface area contributed by atoms with Gasteiger partial charge in [-0.3, -0.25) is 0 Å². The molecule has 0 N–H and O–H groups in total. The Morgan fingerprint density at radius 3 is 1.27 bits per heavy atom. The Morgan fingerprint density at radius 2 is 0.864 bits per heavy atom. The summed E-state index contributed by atoms with van der Waals surface area (Å²) in [5.74, 6) is 4.67. The Labute approximate surface area is 144 Å². The van der Waals surface area contributed by atoms with Crippen molar-refractivity contribution in [1.29, 1.82) is 0 Å². The summed E-state index contributed by atoms with van der Waals surface area (Å²) in [6.45, 7) is 4.56. The second-order valence-electron chi connectivity index (χ2n) is 6.11. The normalized spacial score (nSPS) is 13.0. The first-order chi connectivity index (χ1) is 10.9. The van der Waals surface area contributed by atoms with E-state index < -0.39 is 0 Å². The van der Waals surface area contributed by atoms with Crippen molar-refractivity contribution in [3.05, 3.63) is 23.8 Å². The van der Waals surface area contributed by atoms with Crippen molar-refractivity contribution in [1.82, 2.24) is 0 Å². The maximum absolute atomic E-state index is 2.37. The summed E-state index contributed by atoms with van der Waals surface area (Å²) in [4.78, 5) is 0. The summed E-state index contributed by atoms with van der Waals surface area (Å²) in [6.07, 6.45) is 24.1. The highest BCUT2D eigenvalue weighted by atomic mass is 32.0. The minimum Gasteiger partial charge on any atom is -0.0834 e. The highest BCUT2D eigenvalue weighted by molar-refractivity contribution is 8.14. The Bertz CT molecular complexity index is 220. The van der Waals surface area contributed by atoms with Crippen molar-refractivity contribution in [3.63, 3.8) is 0 Å². The zero-order chi connectivity index (χ0) is 16.1. The summed E-state index contributed by atoms with van der Waals surface area (Å²) in [5.41, 5.74) is 0. The molecule has 0 amide bonds. The maximum Gasteiger partial charge on any atom is -0.0146 e. The number of allylic oxidation sites excluding steroid dienone is 2. The lowest BCUT2D eigenvalue weighted by Gasteiger charge is -1.97. The Hall–Kier alpha value is 0.340. The van der Waals surface area contributed by atoms with Crippen molar-refractivity contribution >= 4 is 16.5 Å². The van der Waals surface area contributed by atoms with Crippen LogP contribution in [0.1, 0.15) is 104 Å². The molecular formula is C20H38P2. The van der Waals surface area contributed by atoms with Crippen LogP contribution in [0.25, 0.3) is 0 Å². The molecule has 22 heavy (non-hydrogen) atoms. The molecule has 0 saturated carbocycles. The van der Waals surface area contributed by atoms with E-state index in [0.29, 0.717) is 0 Å². The summed E-state index contributed by atoms with van der Waals surface area (Å²) in [6, 6.07) is 0. The minimum atomic E-state index is 1.27. The summed E-state index contributed by atoms with van der Waals surface area (Å²) >= 11 is 0. The molecule has 0 unspecified atom stereocenters. The molecule has 2 radical (unpaired) electrons. The van der Waals surface area contributed by atoms with E-state index in [4.69, 9.17) is 0 Å². The van der Waals surface area contributed by atoms with Gasteiger partial charge in [-0.2, -0.15) is 0 Å². The third kappa shape index (κ3) is 20.3. The first-order valence-electron chi connectivity index (χ1n) is 9.61. The van der Waals surface area contributed by atoms with Crippen LogP contribution in [-0.4, -0.2) is 0 Å². The van der Waals surface area contributed by atoms with Gasteiger partial charge in [0.1, 0.15) is 0 Å². The van der Waals surface area contributed by atoms with Gasteiger partial charge in [0, 0.05) is 0 Å². The van der Waals surface area contributed by atoms with Crippen LogP contribution in [0, 0.1) is 0 Å². The Kier molecular flexibility index (Phi) is 21.7. The van der Waals surface area contributed by atoms with Crippen LogP contribution >= 0.6 is 16.5 Å². The van der Waals surface area contributed by atoms with Crippen molar-refractivity contribution in [2.45, 2.75) is 104 Å². The van der Waals surface area contributed by atoms with E-state index in [2.05, 4.69) is 37.6 Å². The number of hydrogen-bond donors (Lipinski definition) is 0. The van der Waals surface area contributed by atoms with Crippen molar-refractivity contribution in [2.75, 3.05) is 0 Å². The summed E-state index contributed by atoms with van der Waals surface area (Å²) in [5, 5.41) is 0. The Balaban J connectivity index is 3.14. The topological polar surface area (TPSA) is 0 Å². The van der Waals surface area contributed by atoms with Gasteiger partial charge in [-0.15, -0.1) is 0 Å². The van der Waals surface area contributed by atoms with Crippen LogP contribution in [0.15, 0.2) is 23.8 Å². The van der Waals surface area contributed by atoms with Crippen LogP contribution < -0.4 is 0 Å². The molecule has 2 heteroatoms. The SMILES string of the molecule is CCCCCCCCC=C[P][P]C=CCCCCCCCC. The molecular weight excluding hydrogens is 302 g/mol. The standard InChI is InChI=1S/C20H38P2/c1-3-5-7-9-11-13-15-17-19-21-22-20-18-16-14-12-10-8-6-4-2/h17-20H,3-16H2,1-2H3. The second kappa shape index (κ2) is 21.3. The summed E-state index contributed by atoms with van der Waals surface area (Å²) in [7, 11) is 2.87. The average molecular weight is 340 g/mol. The quantitative estimate of drug-likeness (QED) is 0.183. The largest absolute Gasteiger partial charge is 0.0834 e. The first kappa shape index (κ1) is 22.3. The molecule has 0 atom stereocenters. The first-order valence-corrected chi connectivity index (χ1v) is 12.2. The summed E-state index contributed by atoms with van der Waals surface area (Å²) < 4.78 is 0. The molecule has 0 fully saturated rings. The fourth-order valence-corrected chi connectivity index (χ4v) is 4.07. The molecule has 0 bridgehead atoms. The van der Waals surface area contributed by atoms with Gasteiger partial charge in [0.25, 0.3) is 0 Å². The molecule has 128 valence electrons. The molecule has 0 aliphatic carbocycles. The molecule has 0 rings (SSSR count). The van der Waals surface area contributed by atoms with Crippen LogP contribution in [0.5, 0.6) is 0 Å². The van der Waals surface area contributed by atoms with Crippen LogP contribution in [0.3, 0.4) is 0 Å². The molecule has 0 nitrogen and oxygen atoms in total.